The van der Waals surface area contributed by atoms with E-state index in [0.717, 1.165) is 17.7 Å². The molecular weight excluding hydrogens is 556 g/mol. The van der Waals surface area contributed by atoms with Crippen LogP contribution in [0.5, 0.6) is 0 Å². The molecular formula is C44H32N2. The van der Waals surface area contributed by atoms with Crippen molar-refractivity contribution in [2.75, 3.05) is 4.90 Å². The molecule has 46 heavy (non-hydrogen) atoms. The summed E-state index contributed by atoms with van der Waals surface area (Å²) in [5.41, 5.74) is 7.57. The number of nitriles is 1. The summed E-state index contributed by atoms with van der Waals surface area (Å²) in [6.45, 7) is 2.35. The number of nitrogens with zero attached hydrogens (tertiary/aromatic N) is 2. The van der Waals surface area contributed by atoms with Crippen molar-refractivity contribution < 1.29 is 0 Å². The van der Waals surface area contributed by atoms with Gasteiger partial charge in [-0.2, -0.15) is 5.26 Å². The highest BCUT2D eigenvalue weighted by Crippen LogP contribution is 2.45. The van der Waals surface area contributed by atoms with Gasteiger partial charge >= 0.3 is 0 Å². The third-order valence-electron chi connectivity index (χ3n) is 9.48. The molecule has 0 aromatic heterocycles. The lowest BCUT2D eigenvalue weighted by atomic mass is 9.74. The number of anilines is 2. The lowest BCUT2D eigenvalue weighted by Crippen LogP contribution is -2.25. The van der Waals surface area contributed by atoms with Gasteiger partial charge in [0.1, 0.15) is 0 Å². The Morgan fingerprint density at radius 2 is 1.17 bits per heavy atom. The van der Waals surface area contributed by atoms with Crippen LogP contribution in [0.25, 0.3) is 43.4 Å². The smallest absolute Gasteiger partial charge is 0.0991 e. The molecule has 0 spiro atoms. The molecule has 2 heteroatoms. The highest BCUT2D eigenvalue weighted by atomic mass is 15.1. The van der Waals surface area contributed by atoms with Gasteiger partial charge in [0.25, 0.3) is 0 Å². The van der Waals surface area contributed by atoms with Crippen LogP contribution in [0, 0.1) is 11.3 Å². The standard InChI is InChI=1S/C44H32N2/c1-44(40-19-7-15-35-14-6-18-39(43(35)40)34-24-22-31(30-45)23-25-34)28-26-36(27-29-44)46(41-20-8-12-32-10-2-4-16-37(32)41)42-21-9-13-33-11-3-5-17-38(33)42/h2-28H,29H2,1H3. The Bertz CT molecular complexity index is 2280. The number of benzene rings is 7. The summed E-state index contributed by atoms with van der Waals surface area (Å²) >= 11 is 0. The summed E-state index contributed by atoms with van der Waals surface area (Å²) in [5.74, 6) is 0. The van der Waals surface area contributed by atoms with E-state index in [2.05, 4.69) is 170 Å². The molecule has 0 N–H and O–H groups in total. The van der Waals surface area contributed by atoms with Crippen LogP contribution in [0.1, 0.15) is 24.5 Å². The van der Waals surface area contributed by atoms with Crippen molar-refractivity contribution in [3.05, 3.63) is 181 Å². The predicted octanol–water partition coefficient (Wildman–Crippen LogP) is 11.6. The molecule has 1 atom stereocenters. The summed E-state index contributed by atoms with van der Waals surface area (Å²) in [7, 11) is 0. The molecule has 1 aliphatic rings. The minimum atomic E-state index is -0.213. The molecule has 0 aliphatic heterocycles. The van der Waals surface area contributed by atoms with Crippen LogP contribution in [0.4, 0.5) is 11.4 Å². The Balaban J connectivity index is 1.27. The molecule has 0 heterocycles. The second-order valence-electron chi connectivity index (χ2n) is 12.3. The van der Waals surface area contributed by atoms with Crippen LogP contribution in [0.2, 0.25) is 0 Å². The van der Waals surface area contributed by atoms with E-state index in [-0.39, 0.29) is 5.41 Å². The maximum Gasteiger partial charge on any atom is 0.0991 e. The van der Waals surface area contributed by atoms with Gasteiger partial charge in [-0.25, -0.2) is 0 Å². The van der Waals surface area contributed by atoms with E-state index in [1.807, 2.05) is 12.1 Å². The van der Waals surface area contributed by atoms with Crippen LogP contribution in [0.15, 0.2) is 170 Å². The van der Waals surface area contributed by atoms with Crippen molar-refractivity contribution in [1.82, 2.24) is 0 Å². The molecule has 7 aromatic rings. The number of hydrogen-bond acceptors (Lipinski definition) is 2. The van der Waals surface area contributed by atoms with E-state index in [1.165, 1.54) is 54.8 Å². The van der Waals surface area contributed by atoms with Crippen molar-refractivity contribution in [1.29, 1.82) is 5.26 Å². The molecule has 218 valence electrons. The SMILES string of the molecule is CC1(c2cccc3cccc(-c4ccc(C#N)cc4)c23)C=CC(N(c2cccc3ccccc23)c2cccc3ccccc23)=CC1. The van der Waals surface area contributed by atoms with Gasteiger partial charge in [0.2, 0.25) is 0 Å². The summed E-state index contributed by atoms with van der Waals surface area (Å²) in [4.78, 5) is 2.44. The zero-order valence-electron chi connectivity index (χ0n) is 25.7. The van der Waals surface area contributed by atoms with E-state index >= 15 is 0 Å². The van der Waals surface area contributed by atoms with Crippen LogP contribution in [-0.4, -0.2) is 0 Å². The summed E-state index contributed by atoms with van der Waals surface area (Å²) in [5, 5.41) is 16.7. The lowest BCUT2D eigenvalue weighted by molar-refractivity contribution is 0.601. The molecule has 1 unspecified atom stereocenters. The van der Waals surface area contributed by atoms with Crippen LogP contribution >= 0.6 is 0 Å². The summed E-state index contributed by atoms with van der Waals surface area (Å²) in [6.07, 6.45) is 7.98. The van der Waals surface area contributed by atoms with Crippen LogP contribution in [-0.2, 0) is 5.41 Å². The molecule has 0 saturated heterocycles. The van der Waals surface area contributed by atoms with Gasteiger partial charge < -0.3 is 4.90 Å². The van der Waals surface area contributed by atoms with Crippen molar-refractivity contribution in [2.45, 2.75) is 18.8 Å². The lowest BCUT2D eigenvalue weighted by Gasteiger charge is -2.35. The molecule has 2 nitrogen and oxygen atoms in total. The van der Waals surface area contributed by atoms with E-state index in [1.54, 1.807) is 0 Å². The Hall–Kier alpha value is -5.91. The molecule has 8 rings (SSSR count). The van der Waals surface area contributed by atoms with Gasteiger partial charge in [0.15, 0.2) is 0 Å². The first-order valence-electron chi connectivity index (χ1n) is 15.8. The fourth-order valence-corrected chi connectivity index (χ4v) is 7.08. The molecule has 0 radical (unpaired) electrons. The zero-order chi connectivity index (χ0) is 31.1. The van der Waals surface area contributed by atoms with E-state index < -0.39 is 0 Å². The fourth-order valence-electron chi connectivity index (χ4n) is 7.08. The molecule has 0 bridgehead atoms. The highest BCUT2D eigenvalue weighted by Gasteiger charge is 2.30. The summed E-state index contributed by atoms with van der Waals surface area (Å²) < 4.78 is 0. The number of rotatable bonds is 5. The van der Waals surface area contributed by atoms with Crippen LogP contribution < -0.4 is 4.90 Å². The largest absolute Gasteiger partial charge is 0.310 e. The number of allylic oxidation sites excluding steroid dienone is 3. The Labute approximate surface area is 269 Å². The molecule has 0 saturated carbocycles. The first-order valence-corrected chi connectivity index (χ1v) is 15.8. The Morgan fingerprint density at radius 3 is 1.78 bits per heavy atom. The fraction of sp³-hybridized carbons (Fsp3) is 0.0682. The topological polar surface area (TPSA) is 27.0 Å². The maximum absolute atomic E-state index is 9.36. The number of fused-ring (bicyclic) bond motifs is 3. The second-order valence-corrected chi connectivity index (χ2v) is 12.3. The zero-order valence-corrected chi connectivity index (χ0v) is 25.7. The normalized spacial score (nSPS) is 16.0. The number of hydrogen-bond donors (Lipinski definition) is 0. The third kappa shape index (κ3) is 4.66. The maximum atomic E-state index is 9.36. The Morgan fingerprint density at radius 1 is 0.609 bits per heavy atom. The molecule has 0 amide bonds. The highest BCUT2D eigenvalue weighted by molar-refractivity contribution is 6.03. The molecule has 1 aliphatic carbocycles. The predicted molar refractivity (Wildman–Crippen MR) is 193 cm³/mol. The quantitative estimate of drug-likeness (QED) is 0.200. The average molecular weight is 589 g/mol. The second kappa shape index (κ2) is 11.2. The van der Waals surface area contributed by atoms with Gasteiger partial charge in [-0.3, -0.25) is 0 Å². The first-order chi connectivity index (χ1) is 22.6. The van der Waals surface area contributed by atoms with E-state index in [4.69, 9.17) is 0 Å². The monoisotopic (exact) mass is 588 g/mol. The molecule has 0 fully saturated rings. The van der Waals surface area contributed by atoms with Crippen molar-refractivity contribution in [3.8, 4) is 17.2 Å². The van der Waals surface area contributed by atoms with Gasteiger partial charge in [-0.1, -0.05) is 140 Å². The minimum Gasteiger partial charge on any atom is -0.310 e. The summed E-state index contributed by atoms with van der Waals surface area (Å²) in [6, 6.07) is 53.8. The van der Waals surface area contributed by atoms with E-state index in [9.17, 15) is 5.26 Å². The first kappa shape index (κ1) is 27.6. The van der Waals surface area contributed by atoms with Crippen LogP contribution in [0.3, 0.4) is 0 Å². The minimum absolute atomic E-state index is 0.213. The van der Waals surface area contributed by atoms with Gasteiger partial charge in [0.05, 0.1) is 23.0 Å². The van der Waals surface area contributed by atoms with Gasteiger partial charge in [0, 0.05) is 21.9 Å². The van der Waals surface area contributed by atoms with Gasteiger partial charge in [-0.05, 0) is 75.0 Å². The van der Waals surface area contributed by atoms with Gasteiger partial charge in [-0.15, -0.1) is 0 Å². The Kier molecular flexibility index (Phi) is 6.74. The molecule has 7 aromatic carbocycles. The van der Waals surface area contributed by atoms with E-state index in [0.29, 0.717) is 5.56 Å². The van der Waals surface area contributed by atoms with Crippen molar-refractivity contribution in [3.63, 3.8) is 0 Å². The third-order valence-corrected chi connectivity index (χ3v) is 9.48. The van der Waals surface area contributed by atoms with Crippen molar-refractivity contribution >= 4 is 43.7 Å². The van der Waals surface area contributed by atoms with Crippen molar-refractivity contribution in [2.24, 2.45) is 0 Å². The average Bonchev–Trinajstić information content (AvgIpc) is 3.12.